The first-order valence-corrected chi connectivity index (χ1v) is 9.46. The molecule has 4 rings (SSSR count). The molecule has 158 valence electrons. The first-order chi connectivity index (χ1) is 14.9. The van der Waals surface area contributed by atoms with Gasteiger partial charge in [0, 0.05) is 18.7 Å². The Labute approximate surface area is 177 Å². The fourth-order valence-electron chi connectivity index (χ4n) is 3.52. The number of carbonyl (C=O) groups excluding carboxylic acids is 3. The van der Waals surface area contributed by atoms with Gasteiger partial charge in [0.2, 0.25) is 18.6 Å². The van der Waals surface area contributed by atoms with Crippen molar-refractivity contribution in [2.75, 3.05) is 11.7 Å². The zero-order valence-electron chi connectivity index (χ0n) is 16.3. The lowest BCUT2D eigenvalue weighted by Gasteiger charge is -2.26. The molecule has 2 aliphatic rings. The third-order valence-electron chi connectivity index (χ3n) is 4.95. The highest BCUT2D eigenvalue weighted by atomic mass is 16.7. The highest BCUT2D eigenvalue weighted by Crippen LogP contribution is 2.33. The van der Waals surface area contributed by atoms with Crippen molar-refractivity contribution in [2.24, 2.45) is 0 Å². The van der Waals surface area contributed by atoms with E-state index in [9.17, 15) is 19.2 Å². The molecule has 31 heavy (non-hydrogen) atoms. The van der Waals surface area contributed by atoms with E-state index in [0.29, 0.717) is 28.8 Å². The Morgan fingerprint density at radius 2 is 1.81 bits per heavy atom. The lowest BCUT2D eigenvalue weighted by atomic mass is 10.1. The maximum absolute atomic E-state index is 13.1. The smallest absolute Gasteiger partial charge is 0.328 e. The van der Waals surface area contributed by atoms with E-state index in [4.69, 9.17) is 14.6 Å². The molecule has 3 amide bonds. The van der Waals surface area contributed by atoms with Crippen LogP contribution in [-0.2, 0) is 25.7 Å². The number of carboxylic acid groups (broad SMARTS) is 1. The fraction of sp³-hybridized carbons (Fsp3) is 0.182. The molecule has 0 aromatic heterocycles. The van der Waals surface area contributed by atoms with Crippen LogP contribution in [0.5, 0.6) is 11.5 Å². The van der Waals surface area contributed by atoms with Crippen LogP contribution in [0.1, 0.15) is 12.0 Å². The summed E-state index contributed by atoms with van der Waals surface area (Å²) in [6.45, 7) is 0.0657. The Hall–Kier alpha value is -4.14. The van der Waals surface area contributed by atoms with Gasteiger partial charge in [0.1, 0.15) is 6.04 Å². The predicted octanol–water partition coefficient (Wildman–Crippen LogP) is 1.72. The highest BCUT2D eigenvalue weighted by molar-refractivity contribution is 6.23. The van der Waals surface area contributed by atoms with Crippen molar-refractivity contribution in [1.29, 1.82) is 0 Å². The van der Waals surface area contributed by atoms with Gasteiger partial charge in [-0.15, -0.1) is 0 Å². The highest BCUT2D eigenvalue weighted by Gasteiger charge is 2.44. The Bertz CT molecular complexity index is 1080. The number of hydrogen-bond acceptors (Lipinski definition) is 6. The average molecular weight is 422 g/mol. The van der Waals surface area contributed by atoms with Crippen molar-refractivity contribution in [2.45, 2.75) is 19.0 Å². The topological polar surface area (TPSA) is 113 Å². The van der Waals surface area contributed by atoms with E-state index in [1.807, 2.05) is 0 Å². The number of para-hydroxylation sites is 1. The number of benzene rings is 2. The van der Waals surface area contributed by atoms with Crippen LogP contribution in [0.4, 0.5) is 5.69 Å². The number of amides is 3. The molecule has 0 radical (unpaired) electrons. The van der Waals surface area contributed by atoms with Crippen molar-refractivity contribution in [3.63, 3.8) is 0 Å². The fourth-order valence-corrected chi connectivity index (χ4v) is 3.52. The second-order valence-corrected chi connectivity index (χ2v) is 6.95. The molecule has 0 spiro atoms. The molecule has 0 aliphatic carbocycles. The summed E-state index contributed by atoms with van der Waals surface area (Å²) in [5.74, 6) is -1.90. The molecule has 0 bridgehead atoms. The van der Waals surface area contributed by atoms with Crippen LogP contribution >= 0.6 is 0 Å². The molecule has 1 saturated heterocycles. The standard InChI is InChI=1S/C22H18N2O7/c25-19(8-9-21(27)28)23(12-14-6-7-17-18(10-14)31-13-30-17)16-11-20(26)24(22(16)29)15-4-2-1-3-5-15/h1-10,16H,11-13H2,(H,27,28)/t16-/m1/s1. The summed E-state index contributed by atoms with van der Waals surface area (Å²) in [7, 11) is 0. The number of nitrogens with zero attached hydrogens (tertiary/aromatic N) is 2. The minimum absolute atomic E-state index is 0.0221. The van der Waals surface area contributed by atoms with Gasteiger partial charge in [0.25, 0.3) is 5.91 Å². The average Bonchev–Trinajstić information content (AvgIpc) is 3.34. The maximum atomic E-state index is 13.1. The number of imide groups is 1. The molecule has 1 atom stereocenters. The molecule has 9 heteroatoms. The third-order valence-corrected chi connectivity index (χ3v) is 4.95. The van der Waals surface area contributed by atoms with Crippen LogP contribution in [0.25, 0.3) is 0 Å². The van der Waals surface area contributed by atoms with Gasteiger partial charge in [0.05, 0.1) is 12.1 Å². The van der Waals surface area contributed by atoms with Gasteiger partial charge >= 0.3 is 5.97 Å². The molecular weight excluding hydrogens is 404 g/mol. The van der Waals surface area contributed by atoms with Crippen molar-refractivity contribution in [3.05, 3.63) is 66.2 Å². The first kappa shape index (κ1) is 20.1. The largest absolute Gasteiger partial charge is 0.478 e. The minimum Gasteiger partial charge on any atom is -0.478 e. The molecule has 2 aliphatic heterocycles. The van der Waals surface area contributed by atoms with Crippen LogP contribution < -0.4 is 14.4 Å². The van der Waals surface area contributed by atoms with Gasteiger partial charge in [-0.2, -0.15) is 0 Å². The van der Waals surface area contributed by atoms with E-state index in [1.165, 1.54) is 4.90 Å². The zero-order valence-corrected chi connectivity index (χ0v) is 16.3. The normalized spacial score (nSPS) is 17.4. The maximum Gasteiger partial charge on any atom is 0.328 e. The SMILES string of the molecule is O=C(O)C=CC(=O)N(Cc1ccc2c(c1)OCO2)[C@@H]1CC(=O)N(c2ccccc2)C1=O. The lowest BCUT2D eigenvalue weighted by molar-refractivity contribution is -0.135. The number of hydrogen-bond donors (Lipinski definition) is 1. The number of aliphatic carboxylic acids is 1. The molecule has 2 aromatic rings. The van der Waals surface area contributed by atoms with Crippen molar-refractivity contribution >= 4 is 29.4 Å². The van der Waals surface area contributed by atoms with Crippen molar-refractivity contribution in [1.82, 2.24) is 4.90 Å². The van der Waals surface area contributed by atoms with Crippen LogP contribution in [0.3, 0.4) is 0 Å². The van der Waals surface area contributed by atoms with Gasteiger partial charge in [-0.05, 0) is 29.8 Å². The quantitative estimate of drug-likeness (QED) is 0.557. The molecule has 1 N–H and O–H groups in total. The van der Waals surface area contributed by atoms with Crippen LogP contribution in [-0.4, -0.2) is 46.5 Å². The number of carbonyl (C=O) groups is 4. The molecule has 2 aromatic carbocycles. The van der Waals surface area contributed by atoms with Crippen LogP contribution in [0.2, 0.25) is 0 Å². The summed E-state index contributed by atoms with van der Waals surface area (Å²) in [6, 6.07) is 12.4. The van der Waals surface area contributed by atoms with Gasteiger partial charge in [-0.3, -0.25) is 14.4 Å². The van der Waals surface area contributed by atoms with E-state index in [1.54, 1.807) is 48.5 Å². The van der Waals surface area contributed by atoms with Crippen LogP contribution in [0, 0.1) is 0 Å². The Balaban J connectivity index is 1.64. The van der Waals surface area contributed by atoms with E-state index in [2.05, 4.69) is 0 Å². The summed E-state index contributed by atoms with van der Waals surface area (Å²) in [5, 5.41) is 8.87. The summed E-state index contributed by atoms with van der Waals surface area (Å²) in [6.07, 6.45) is 1.37. The number of carboxylic acids is 1. The van der Waals surface area contributed by atoms with E-state index in [-0.39, 0.29) is 19.8 Å². The Kier molecular flexibility index (Phi) is 5.40. The molecule has 1 fully saturated rings. The monoisotopic (exact) mass is 422 g/mol. The number of fused-ring (bicyclic) bond motifs is 1. The predicted molar refractivity (Wildman–Crippen MR) is 107 cm³/mol. The Morgan fingerprint density at radius 1 is 1.06 bits per heavy atom. The van der Waals surface area contributed by atoms with E-state index >= 15 is 0 Å². The number of anilines is 1. The second kappa shape index (κ2) is 8.31. The van der Waals surface area contributed by atoms with E-state index < -0.39 is 29.7 Å². The van der Waals surface area contributed by atoms with Crippen LogP contribution in [0.15, 0.2) is 60.7 Å². The second-order valence-electron chi connectivity index (χ2n) is 6.95. The third kappa shape index (κ3) is 4.11. The number of ether oxygens (including phenoxy) is 2. The molecule has 2 heterocycles. The van der Waals surface area contributed by atoms with Gasteiger partial charge in [-0.25, -0.2) is 9.69 Å². The zero-order chi connectivity index (χ0) is 22.0. The first-order valence-electron chi connectivity index (χ1n) is 9.46. The number of rotatable bonds is 6. The van der Waals surface area contributed by atoms with Crippen molar-refractivity contribution < 1.29 is 33.8 Å². The van der Waals surface area contributed by atoms with E-state index in [0.717, 1.165) is 11.0 Å². The van der Waals surface area contributed by atoms with Gasteiger partial charge in [-0.1, -0.05) is 24.3 Å². The summed E-state index contributed by atoms with van der Waals surface area (Å²) in [5.41, 5.74) is 1.05. The molecule has 0 saturated carbocycles. The molecule has 0 unspecified atom stereocenters. The molecule has 9 nitrogen and oxygen atoms in total. The Morgan fingerprint density at radius 3 is 2.55 bits per heavy atom. The molecular formula is C22H18N2O7. The summed E-state index contributed by atoms with van der Waals surface area (Å²) >= 11 is 0. The van der Waals surface area contributed by atoms with Gasteiger partial charge in [0.15, 0.2) is 11.5 Å². The van der Waals surface area contributed by atoms with Gasteiger partial charge < -0.3 is 19.5 Å². The van der Waals surface area contributed by atoms with Crippen molar-refractivity contribution in [3.8, 4) is 11.5 Å². The minimum atomic E-state index is -1.30. The summed E-state index contributed by atoms with van der Waals surface area (Å²) in [4.78, 5) is 51.6. The lowest BCUT2D eigenvalue weighted by Crippen LogP contribution is -2.44. The summed E-state index contributed by atoms with van der Waals surface area (Å²) < 4.78 is 10.6.